The molecular weight excluding hydrogens is 196 g/mol. The first-order valence-electron chi connectivity index (χ1n) is 6.08. The van der Waals surface area contributed by atoms with E-state index in [0.29, 0.717) is 0 Å². The van der Waals surface area contributed by atoms with Crippen molar-refractivity contribution >= 4 is 0 Å². The van der Waals surface area contributed by atoms with Crippen LogP contribution >= 0.6 is 0 Å². The molecule has 1 atom stereocenters. The molecule has 0 aromatic heterocycles. The van der Waals surface area contributed by atoms with Crippen molar-refractivity contribution in [3.05, 3.63) is 35.5 Å². The van der Waals surface area contributed by atoms with Gasteiger partial charge in [-0.1, -0.05) is 49.3 Å². The fourth-order valence-electron chi connectivity index (χ4n) is 1.94. The Balaban J connectivity index is 2.89. The van der Waals surface area contributed by atoms with Crippen LogP contribution in [0.15, 0.2) is 35.5 Å². The summed E-state index contributed by atoms with van der Waals surface area (Å²) in [5.41, 5.74) is 2.74. The molecule has 0 heterocycles. The molecule has 0 saturated heterocycles. The van der Waals surface area contributed by atoms with Crippen LogP contribution in [-0.4, -0.2) is 11.2 Å². The van der Waals surface area contributed by atoms with Gasteiger partial charge in [0.1, 0.15) is 0 Å². The number of allylic oxidation sites excluding steroid dienone is 4. The third-order valence-electron chi connectivity index (χ3n) is 2.99. The number of rotatable bonds is 0. The van der Waals surface area contributed by atoms with E-state index in [9.17, 15) is 5.11 Å². The number of hydrogen-bond donors (Lipinski definition) is 1. The van der Waals surface area contributed by atoms with E-state index >= 15 is 0 Å². The second-order valence-corrected chi connectivity index (χ2v) is 5.63. The SMILES string of the molecule is CC1=CC(O)CC(C)=CCC(C)(C)C=CC1. The highest BCUT2D eigenvalue weighted by molar-refractivity contribution is 5.14. The lowest BCUT2D eigenvalue weighted by Gasteiger charge is -2.18. The first-order valence-corrected chi connectivity index (χ1v) is 6.08. The largest absolute Gasteiger partial charge is 0.389 e. The minimum Gasteiger partial charge on any atom is -0.389 e. The monoisotopic (exact) mass is 220 g/mol. The zero-order chi connectivity index (χ0) is 12.2. The van der Waals surface area contributed by atoms with Gasteiger partial charge in [-0.05, 0) is 38.5 Å². The van der Waals surface area contributed by atoms with Crippen molar-refractivity contribution in [2.24, 2.45) is 5.41 Å². The quantitative estimate of drug-likeness (QED) is 0.612. The molecule has 0 spiro atoms. The van der Waals surface area contributed by atoms with Gasteiger partial charge >= 0.3 is 0 Å². The van der Waals surface area contributed by atoms with Crippen molar-refractivity contribution < 1.29 is 5.11 Å². The maximum absolute atomic E-state index is 9.85. The molecule has 1 unspecified atom stereocenters. The molecule has 16 heavy (non-hydrogen) atoms. The zero-order valence-corrected chi connectivity index (χ0v) is 11.0. The average Bonchev–Trinajstić information content (AvgIpc) is 2.14. The first-order chi connectivity index (χ1) is 7.39. The third-order valence-corrected chi connectivity index (χ3v) is 2.99. The van der Waals surface area contributed by atoms with E-state index in [0.717, 1.165) is 19.3 Å². The Morgan fingerprint density at radius 2 is 1.94 bits per heavy atom. The lowest BCUT2D eigenvalue weighted by atomic mass is 9.87. The van der Waals surface area contributed by atoms with Crippen molar-refractivity contribution in [2.75, 3.05) is 0 Å². The fourth-order valence-corrected chi connectivity index (χ4v) is 1.94. The lowest BCUT2D eigenvalue weighted by Crippen LogP contribution is -2.06. The zero-order valence-electron chi connectivity index (χ0n) is 11.0. The summed E-state index contributed by atoms with van der Waals surface area (Å²) in [5, 5.41) is 9.85. The third kappa shape index (κ3) is 4.80. The van der Waals surface area contributed by atoms with Crippen LogP contribution in [0.4, 0.5) is 0 Å². The summed E-state index contributed by atoms with van der Waals surface area (Å²) in [6.07, 6.45) is 11.1. The highest BCUT2D eigenvalue weighted by Crippen LogP contribution is 2.25. The normalized spacial score (nSPS) is 26.7. The lowest BCUT2D eigenvalue weighted by molar-refractivity contribution is 0.222. The summed E-state index contributed by atoms with van der Waals surface area (Å²) in [6.45, 7) is 8.68. The summed E-state index contributed by atoms with van der Waals surface area (Å²) in [5.74, 6) is 0. The van der Waals surface area contributed by atoms with Crippen molar-refractivity contribution in [3.8, 4) is 0 Å². The summed E-state index contributed by atoms with van der Waals surface area (Å²) in [4.78, 5) is 0. The molecule has 1 aliphatic rings. The summed E-state index contributed by atoms with van der Waals surface area (Å²) in [6, 6.07) is 0. The second-order valence-electron chi connectivity index (χ2n) is 5.63. The molecule has 0 bridgehead atoms. The molecule has 1 N–H and O–H groups in total. The fraction of sp³-hybridized carbons (Fsp3) is 0.600. The number of hydrogen-bond acceptors (Lipinski definition) is 1. The predicted octanol–water partition coefficient (Wildman–Crippen LogP) is 4.01. The van der Waals surface area contributed by atoms with Crippen molar-refractivity contribution in [2.45, 2.75) is 53.1 Å². The summed E-state index contributed by atoms with van der Waals surface area (Å²) < 4.78 is 0. The van der Waals surface area contributed by atoms with Crippen LogP contribution in [0.3, 0.4) is 0 Å². The summed E-state index contributed by atoms with van der Waals surface area (Å²) >= 11 is 0. The molecule has 1 rings (SSSR count). The molecule has 0 fully saturated rings. The van der Waals surface area contributed by atoms with Crippen LogP contribution in [0.25, 0.3) is 0 Å². The molecule has 0 aromatic rings. The van der Waals surface area contributed by atoms with E-state index in [2.05, 4.69) is 45.9 Å². The Bertz CT molecular complexity index is 318. The van der Waals surface area contributed by atoms with E-state index in [1.54, 1.807) is 0 Å². The summed E-state index contributed by atoms with van der Waals surface area (Å²) in [7, 11) is 0. The molecule has 0 radical (unpaired) electrons. The van der Waals surface area contributed by atoms with Gasteiger partial charge in [0.25, 0.3) is 0 Å². The van der Waals surface area contributed by atoms with E-state index in [4.69, 9.17) is 0 Å². The van der Waals surface area contributed by atoms with Crippen LogP contribution in [0.1, 0.15) is 47.0 Å². The molecule has 1 nitrogen and oxygen atoms in total. The molecule has 0 aromatic carbocycles. The van der Waals surface area contributed by atoms with E-state index < -0.39 is 0 Å². The van der Waals surface area contributed by atoms with Crippen molar-refractivity contribution in [1.82, 2.24) is 0 Å². The van der Waals surface area contributed by atoms with Gasteiger partial charge in [0.2, 0.25) is 0 Å². The number of aliphatic hydroxyl groups is 1. The van der Waals surface area contributed by atoms with Crippen LogP contribution in [0, 0.1) is 5.41 Å². The molecule has 0 saturated carbocycles. The topological polar surface area (TPSA) is 20.2 Å². The molecule has 0 amide bonds. The van der Waals surface area contributed by atoms with Gasteiger partial charge in [-0.2, -0.15) is 0 Å². The van der Waals surface area contributed by atoms with Gasteiger partial charge < -0.3 is 5.11 Å². The van der Waals surface area contributed by atoms with Crippen molar-refractivity contribution in [1.29, 1.82) is 0 Å². The van der Waals surface area contributed by atoms with Crippen LogP contribution in [-0.2, 0) is 0 Å². The molecule has 0 aliphatic heterocycles. The minimum absolute atomic E-state index is 0.219. The maximum Gasteiger partial charge on any atom is 0.0760 e. The van der Waals surface area contributed by atoms with Gasteiger partial charge in [-0.25, -0.2) is 0 Å². The van der Waals surface area contributed by atoms with Crippen molar-refractivity contribution in [3.63, 3.8) is 0 Å². The molecule has 90 valence electrons. The molecule has 1 aliphatic carbocycles. The Kier molecular flexibility index (Phi) is 4.55. The maximum atomic E-state index is 9.85. The Hall–Kier alpha value is -0.820. The standard InChI is InChI=1S/C15H24O/c1-12-6-5-8-15(3,4)9-7-13(2)11-14(16)10-12/h5,7-8,10,14,16H,6,9,11H2,1-4H3. The smallest absolute Gasteiger partial charge is 0.0760 e. The predicted molar refractivity (Wildman–Crippen MR) is 70.3 cm³/mol. The van der Waals surface area contributed by atoms with E-state index in [1.165, 1.54) is 11.1 Å². The Morgan fingerprint density at radius 3 is 2.62 bits per heavy atom. The van der Waals surface area contributed by atoms with Gasteiger partial charge in [-0.3, -0.25) is 0 Å². The first kappa shape index (κ1) is 13.2. The van der Waals surface area contributed by atoms with Crippen LogP contribution < -0.4 is 0 Å². The Labute approximate surface area is 99.6 Å². The van der Waals surface area contributed by atoms with Gasteiger partial charge in [0.05, 0.1) is 6.10 Å². The van der Waals surface area contributed by atoms with Crippen LogP contribution in [0.2, 0.25) is 0 Å². The van der Waals surface area contributed by atoms with Gasteiger partial charge in [-0.15, -0.1) is 0 Å². The average molecular weight is 220 g/mol. The van der Waals surface area contributed by atoms with Gasteiger partial charge in [0, 0.05) is 0 Å². The highest BCUT2D eigenvalue weighted by atomic mass is 16.3. The van der Waals surface area contributed by atoms with E-state index in [-0.39, 0.29) is 11.5 Å². The number of aliphatic hydroxyl groups excluding tert-OH is 1. The minimum atomic E-state index is -0.328. The van der Waals surface area contributed by atoms with Gasteiger partial charge in [0.15, 0.2) is 0 Å². The second kappa shape index (κ2) is 5.49. The molecule has 1 heteroatoms. The highest BCUT2D eigenvalue weighted by Gasteiger charge is 2.13. The van der Waals surface area contributed by atoms with Crippen LogP contribution in [0.5, 0.6) is 0 Å². The molecular formula is C15H24O. The Morgan fingerprint density at radius 1 is 1.25 bits per heavy atom. The van der Waals surface area contributed by atoms with E-state index in [1.807, 2.05) is 6.08 Å².